The van der Waals surface area contributed by atoms with E-state index in [1.807, 2.05) is 74.5 Å². The topological polar surface area (TPSA) is 56.1 Å². The first-order valence-corrected chi connectivity index (χ1v) is 11.7. The van der Waals surface area contributed by atoms with E-state index in [2.05, 4.69) is 10.4 Å². The average molecular weight is 498 g/mol. The minimum absolute atomic E-state index is 0.177. The number of para-hydroxylation sites is 1. The first-order chi connectivity index (χ1) is 15.9. The number of aryl methyl sites for hydroxylation is 2. The van der Waals surface area contributed by atoms with Crippen LogP contribution in [0.3, 0.4) is 0 Å². The van der Waals surface area contributed by atoms with Crippen LogP contribution in [0.2, 0.25) is 10.0 Å². The molecule has 3 aromatic carbocycles. The number of amides is 1. The number of benzene rings is 3. The lowest BCUT2D eigenvalue weighted by Crippen LogP contribution is -2.14. The SMILES string of the molecule is Cc1cc(OCn2ccc(C(=O)Nc3ccccc3Sc3ccc(Cl)cc3)n2)cc(C)c1Cl. The maximum atomic E-state index is 12.8. The van der Waals surface area contributed by atoms with Crippen LogP contribution in [0.15, 0.2) is 82.7 Å². The maximum Gasteiger partial charge on any atom is 0.276 e. The molecular weight excluding hydrogens is 477 g/mol. The zero-order valence-corrected chi connectivity index (χ0v) is 20.3. The smallest absolute Gasteiger partial charge is 0.276 e. The Morgan fingerprint density at radius 1 is 1.03 bits per heavy atom. The molecule has 8 heteroatoms. The highest BCUT2D eigenvalue weighted by atomic mass is 35.5. The van der Waals surface area contributed by atoms with E-state index in [0.717, 1.165) is 25.9 Å². The molecule has 0 saturated carbocycles. The van der Waals surface area contributed by atoms with Gasteiger partial charge in [0.15, 0.2) is 12.4 Å². The van der Waals surface area contributed by atoms with Gasteiger partial charge in [0, 0.05) is 26.0 Å². The van der Waals surface area contributed by atoms with Gasteiger partial charge in [0.05, 0.1) is 5.69 Å². The number of nitrogens with zero attached hydrogens (tertiary/aromatic N) is 2. The Hall–Kier alpha value is -2.93. The number of hydrogen-bond acceptors (Lipinski definition) is 4. The molecule has 4 rings (SSSR count). The first kappa shape index (κ1) is 23.2. The molecule has 1 N–H and O–H groups in total. The van der Waals surface area contributed by atoms with Crippen molar-refractivity contribution >= 4 is 46.6 Å². The number of anilines is 1. The first-order valence-electron chi connectivity index (χ1n) is 10.2. The summed E-state index contributed by atoms with van der Waals surface area (Å²) < 4.78 is 7.38. The molecule has 0 unspecified atom stereocenters. The number of ether oxygens (including phenoxy) is 1. The molecule has 5 nitrogen and oxygen atoms in total. The number of aromatic nitrogens is 2. The van der Waals surface area contributed by atoms with Crippen molar-refractivity contribution < 1.29 is 9.53 Å². The summed E-state index contributed by atoms with van der Waals surface area (Å²) in [4.78, 5) is 14.8. The van der Waals surface area contributed by atoms with Crippen molar-refractivity contribution in [3.05, 3.63) is 99.8 Å². The van der Waals surface area contributed by atoms with Gasteiger partial charge in [-0.1, -0.05) is 47.1 Å². The van der Waals surface area contributed by atoms with Gasteiger partial charge in [-0.2, -0.15) is 5.10 Å². The molecule has 1 heterocycles. The van der Waals surface area contributed by atoms with E-state index in [1.165, 1.54) is 0 Å². The summed E-state index contributed by atoms with van der Waals surface area (Å²) >= 11 is 13.7. The van der Waals surface area contributed by atoms with Gasteiger partial charge >= 0.3 is 0 Å². The summed E-state index contributed by atoms with van der Waals surface area (Å²) in [6.45, 7) is 4.04. The lowest BCUT2D eigenvalue weighted by Gasteiger charge is -2.11. The van der Waals surface area contributed by atoms with Crippen molar-refractivity contribution in [1.82, 2.24) is 9.78 Å². The molecule has 0 aliphatic rings. The summed E-state index contributed by atoms with van der Waals surface area (Å²) in [6.07, 6.45) is 1.71. The zero-order valence-electron chi connectivity index (χ0n) is 18.0. The number of halogens is 2. The summed E-state index contributed by atoms with van der Waals surface area (Å²) in [7, 11) is 0. The zero-order chi connectivity index (χ0) is 23.4. The van der Waals surface area contributed by atoms with Crippen molar-refractivity contribution in [2.75, 3.05) is 5.32 Å². The van der Waals surface area contributed by atoms with Gasteiger partial charge in [0.25, 0.3) is 5.91 Å². The molecule has 0 bridgehead atoms. The van der Waals surface area contributed by atoms with Crippen molar-refractivity contribution in [3.63, 3.8) is 0 Å². The van der Waals surface area contributed by atoms with Gasteiger partial charge < -0.3 is 10.1 Å². The fourth-order valence-corrected chi connectivity index (χ4v) is 4.30. The maximum absolute atomic E-state index is 12.8. The monoisotopic (exact) mass is 497 g/mol. The molecule has 0 atom stereocenters. The Bertz CT molecular complexity index is 1270. The molecule has 0 radical (unpaired) electrons. The molecule has 0 fully saturated rings. The number of carbonyl (C=O) groups excluding carboxylic acids is 1. The summed E-state index contributed by atoms with van der Waals surface area (Å²) in [5.74, 6) is 0.403. The fourth-order valence-electron chi connectivity index (χ4n) is 3.16. The van der Waals surface area contributed by atoms with E-state index >= 15 is 0 Å². The molecule has 33 heavy (non-hydrogen) atoms. The largest absolute Gasteiger partial charge is 0.471 e. The third-order valence-electron chi connectivity index (χ3n) is 4.82. The summed E-state index contributed by atoms with van der Waals surface area (Å²) in [5, 5.41) is 8.70. The van der Waals surface area contributed by atoms with E-state index in [1.54, 1.807) is 28.7 Å². The Morgan fingerprint density at radius 3 is 2.45 bits per heavy atom. The van der Waals surface area contributed by atoms with Crippen molar-refractivity contribution in [3.8, 4) is 5.75 Å². The standard InChI is InChI=1S/C25H21Cl2N3O2S/c1-16-13-19(14-17(2)24(16)27)32-15-30-12-11-22(29-30)25(31)28-21-5-3-4-6-23(21)33-20-9-7-18(26)8-10-20/h3-14H,15H2,1-2H3,(H,28,31). The second kappa shape index (κ2) is 10.3. The van der Waals surface area contributed by atoms with Gasteiger partial charge in [-0.3, -0.25) is 4.79 Å². The van der Waals surface area contributed by atoms with Crippen molar-refractivity contribution in [2.45, 2.75) is 30.4 Å². The normalized spacial score (nSPS) is 10.8. The minimum atomic E-state index is -0.295. The van der Waals surface area contributed by atoms with Gasteiger partial charge in [-0.25, -0.2) is 4.68 Å². The Morgan fingerprint density at radius 2 is 1.73 bits per heavy atom. The summed E-state index contributed by atoms with van der Waals surface area (Å²) in [5.41, 5.74) is 2.90. The molecule has 0 saturated heterocycles. The van der Waals surface area contributed by atoms with Gasteiger partial charge in [-0.15, -0.1) is 0 Å². The Labute approximate surface area is 206 Å². The average Bonchev–Trinajstić information content (AvgIpc) is 3.28. The number of rotatable bonds is 7. The highest BCUT2D eigenvalue weighted by molar-refractivity contribution is 7.99. The van der Waals surface area contributed by atoms with E-state index in [9.17, 15) is 4.79 Å². The van der Waals surface area contributed by atoms with Crippen molar-refractivity contribution in [2.24, 2.45) is 0 Å². The van der Waals surface area contributed by atoms with Gasteiger partial charge in [0.1, 0.15) is 5.75 Å². The van der Waals surface area contributed by atoms with E-state index in [-0.39, 0.29) is 12.6 Å². The molecular formula is C25H21Cl2N3O2S. The van der Waals surface area contributed by atoms with E-state index < -0.39 is 0 Å². The lowest BCUT2D eigenvalue weighted by atomic mass is 10.1. The predicted molar refractivity (Wildman–Crippen MR) is 134 cm³/mol. The van der Waals surface area contributed by atoms with Crippen LogP contribution in [0.5, 0.6) is 5.75 Å². The lowest BCUT2D eigenvalue weighted by molar-refractivity contribution is 0.102. The van der Waals surface area contributed by atoms with Gasteiger partial charge in [-0.05, 0) is 79.6 Å². The molecule has 1 aromatic heterocycles. The van der Waals surface area contributed by atoms with Crippen molar-refractivity contribution in [1.29, 1.82) is 0 Å². The third-order valence-corrected chi connectivity index (χ3v) is 6.76. The number of hydrogen-bond donors (Lipinski definition) is 1. The van der Waals surface area contributed by atoms with Crippen LogP contribution in [-0.4, -0.2) is 15.7 Å². The number of nitrogens with one attached hydrogen (secondary N) is 1. The highest BCUT2D eigenvalue weighted by Gasteiger charge is 2.13. The quantitative estimate of drug-likeness (QED) is 0.292. The summed E-state index contributed by atoms with van der Waals surface area (Å²) in [6, 6.07) is 20.6. The Kier molecular flexibility index (Phi) is 7.28. The molecule has 1 amide bonds. The predicted octanol–water partition coefficient (Wildman–Crippen LogP) is 7.25. The molecule has 4 aromatic rings. The molecule has 168 valence electrons. The molecule has 0 spiro atoms. The second-order valence-electron chi connectivity index (χ2n) is 7.39. The highest BCUT2D eigenvalue weighted by Crippen LogP contribution is 2.34. The van der Waals surface area contributed by atoms with Crippen LogP contribution in [0, 0.1) is 13.8 Å². The minimum Gasteiger partial charge on any atom is -0.471 e. The second-order valence-corrected chi connectivity index (χ2v) is 9.32. The number of carbonyl (C=O) groups is 1. The van der Waals surface area contributed by atoms with Crippen LogP contribution < -0.4 is 10.1 Å². The molecule has 0 aliphatic heterocycles. The Balaban J connectivity index is 1.41. The van der Waals surface area contributed by atoms with Crippen LogP contribution in [0.4, 0.5) is 5.69 Å². The van der Waals surface area contributed by atoms with Gasteiger partial charge in [0.2, 0.25) is 0 Å². The van der Waals surface area contributed by atoms with E-state index in [4.69, 9.17) is 27.9 Å². The van der Waals surface area contributed by atoms with E-state index in [0.29, 0.717) is 22.2 Å². The third kappa shape index (κ3) is 5.90. The van der Waals surface area contributed by atoms with Crippen LogP contribution in [0.25, 0.3) is 0 Å². The van der Waals surface area contributed by atoms with Crippen LogP contribution >= 0.6 is 35.0 Å². The van der Waals surface area contributed by atoms with Crippen LogP contribution in [-0.2, 0) is 6.73 Å². The fraction of sp³-hybridized carbons (Fsp3) is 0.120. The van der Waals surface area contributed by atoms with Crippen LogP contribution in [0.1, 0.15) is 21.6 Å². The molecule has 0 aliphatic carbocycles.